The maximum Gasteiger partial charge on any atom is 0.407 e. The van der Waals surface area contributed by atoms with Gasteiger partial charge < -0.3 is 33.9 Å². The Balaban J connectivity index is 1.59. The second-order valence-electron chi connectivity index (χ2n) is 12.4. The quantitative estimate of drug-likeness (QED) is 0.371. The van der Waals surface area contributed by atoms with Gasteiger partial charge in [0, 0.05) is 18.5 Å². The molecule has 2 aliphatic rings. The molecule has 0 unspecified atom stereocenters. The predicted octanol–water partition coefficient (Wildman–Crippen LogP) is 5.71. The Labute approximate surface area is 248 Å². The zero-order chi connectivity index (χ0) is 30.2. The molecule has 4 rings (SSSR count). The zero-order valence-electron chi connectivity index (χ0n) is 24.7. The van der Waals surface area contributed by atoms with Gasteiger partial charge in [0.25, 0.3) is 0 Å². The van der Waals surface area contributed by atoms with Gasteiger partial charge in [-0.3, -0.25) is 4.79 Å². The van der Waals surface area contributed by atoms with Gasteiger partial charge in [0.15, 0.2) is 8.32 Å². The van der Waals surface area contributed by atoms with Crippen molar-refractivity contribution in [3.63, 3.8) is 0 Å². The van der Waals surface area contributed by atoms with Gasteiger partial charge in [-0.2, -0.15) is 0 Å². The largest absolute Gasteiger partial charge is 0.497 e. The van der Waals surface area contributed by atoms with Gasteiger partial charge in [-0.1, -0.05) is 44.5 Å². The summed E-state index contributed by atoms with van der Waals surface area (Å²) in [6, 6.07) is 11.0. The van der Waals surface area contributed by atoms with Crippen LogP contribution in [0.2, 0.25) is 23.2 Å². The van der Waals surface area contributed by atoms with Gasteiger partial charge in [-0.05, 0) is 60.8 Å². The van der Waals surface area contributed by atoms with Crippen molar-refractivity contribution < 1.29 is 33.7 Å². The number of halogens is 1. The Morgan fingerprint density at radius 2 is 1.83 bits per heavy atom. The number of carbonyl (C=O) groups excluding carboxylic acids is 1. The average molecular weight is 605 g/mol. The Morgan fingerprint density at radius 3 is 2.44 bits per heavy atom. The summed E-state index contributed by atoms with van der Waals surface area (Å²) in [4.78, 5) is 27.8. The number of hydrogen-bond acceptors (Lipinski definition) is 6. The van der Waals surface area contributed by atoms with Crippen molar-refractivity contribution in [3.05, 3.63) is 52.5 Å². The molecular weight excluding hydrogens is 564 g/mol. The lowest BCUT2D eigenvalue weighted by Gasteiger charge is -2.48. The number of piperidine rings is 1. The highest BCUT2D eigenvalue weighted by Crippen LogP contribution is 2.43. The molecule has 0 spiro atoms. The molecular formula is C30H41ClN2O7Si. The van der Waals surface area contributed by atoms with Crippen molar-refractivity contribution in [2.75, 3.05) is 31.7 Å². The number of anilines is 1. The van der Waals surface area contributed by atoms with Gasteiger partial charge in [0.05, 0.1) is 37.0 Å². The Kier molecular flexibility index (Phi) is 8.99. The van der Waals surface area contributed by atoms with E-state index < -0.39 is 26.1 Å². The summed E-state index contributed by atoms with van der Waals surface area (Å²) in [6.07, 6.45) is -0.849. The molecule has 0 aromatic heterocycles. The summed E-state index contributed by atoms with van der Waals surface area (Å²) >= 11 is 6.65. The molecule has 224 valence electrons. The van der Waals surface area contributed by atoms with Crippen LogP contribution in [-0.4, -0.2) is 73.9 Å². The maximum absolute atomic E-state index is 13.0. The van der Waals surface area contributed by atoms with Crippen LogP contribution in [0.25, 0.3) is 0 Å². The van der Waals surface area contributed by atoms with E-state index in [1.165, 1.54) is 4.90 Å². The van der Waals surface area contributed by atoms with E-state index in [0.717, 1.165) is 16.9 Å². The van der Waals surface area contributed by atoms with E-state index >= 15 is 0 Å². The van der Waals surface area contributed by atoms with Crippen molar-refractivity contribution >= 4 is 37.6 Å². The van der Waals surface area contributed by atoms with Crippen LogP contribution in [0.5, 0.6) is 11.5 Å². The van der Waals surface area contributed by atoms with Gasteiger partial charge in [-0.25, -0.2) is 4.79 Å². The van der Waals surface area contributed by atoms with E-state index in [9.17, 15) is 19.8 Å². The van der Waals surface area contributed by atoms with Crippen LogP contribution in [0, 0.1) is 0 Å². The molecule has 2 heterocycles. The lowest BCUT2D eigenvalue weighted by Crippen LogP contribution is -2.63. The van der Waals surface area contributed by atoms with Crippen molar-refractivity contribution in [1.82, 2.24) is 4.90 Å². The molecule has 0 radical (unpaired) electrons. The summed E-state index contributed by atoms with van der Waals surface area (Å²) < 4.78 is 18.1. The predicted molar refractivity (Wildman–Crippen MR) is 161 cm³/mol. The van der Waals surface area contributed by atoms with Crippen LogP contribution in [0.1, 0.15) is 44.7 Å². The summed E-state index contributed by atoms with van der Waals surface area (Å²) in [5.74, 6) is 1.24. The van der Waals surface area contributed by atoms with Gasteiger partial charge in [0.1, 0.15) is 23.7 Å². The third-order valence-corrected chi connectivity index (χ3v) is 13.4. The number of fused-ring (bicyclic) bond motifs is 1. The number of ether oxygens (including phenoxy) is 2. The van der Waals surface area contributed by atoms with Gasteiger partial charge in [-0.15, -0.1) is 0 Å². The minimum atomic E-state index is -2.35. The molecule has 41 heavy (non-hydrogen) atoms. The molecule has 2 amide bonds. The SMILES string of the molecule is COc1ccc(CN2C(=O)CCc3c(OC[C@]4(O)CCN(C(=O)O)C[C@H]4O[Si](C)(C)C(C)(C)C)ccc(Cl)c32)cc1. The molecule has 9 nitrogen and oxygen atoms in total. The smallest absolute Gasteiger partial charge is 0.407 e. The van der Waals surface area contributed by atoms with Crippen LogP contribution in [0.4, 0.5) is 10.5 Å². The molecule has 1 saturated heterocycles. The first kappa shape index (κ1) is 31.1. The minimum Gasteiger partial charge on any atom is -0.497 e. The lowest BCUT2D eigenvalue weighted by atomic mass is 9.89. The van der Waals surface area contributed by atoms with E-state index in [2.05, 4.69) is 33.9 Å². The number of methoxy groups -OCH3 is 1. The summed E-state index contributed by atoms with van der Waals surface area (Å²) in [5, 5.41) is 21.8. The third-order valence-electron chi connectivity index (χ3n) is 8.64. The summed E-state index contributed by atoms with van der Waals surface area (Å²) in [7, 11) is -0.744. The molecule has 1 fully saturated rings. The molecule has 2 aromatic carbocycles. The van der Waals surface area contributed by atoms with Crippen molar-refractivity contribution in [2.45, 2.75) is 76.4 Å². The van der Waals surface area contributed by atoms with E-state index in [0.29, 0.717) is 35.8 Å². The topological polar surface area (TPSA) is 109 Å². The molecule has 11 heteroatoms. The van der Waals surface area contributed by atoms with E-state index in [4.69, 9.17) is 25.5 Å². The van der Waals surface area contributed by atoms with Crippen molar-refractivity contribution in [1.29, 1.82) is 0 Å². The van der Waals surface area contributed by atoms with E-state index in [1.54, 1.807) is 24.1 Å². The van der Waals surface area contributed by atoms with Crippen LogP contribution in [0.3, 0.4) is 0 Å². The number of nitrogens with zero attached hydrogens (tertiary/aromatic N) is 2. The number of likely N-dealkylation sites (tertiary alicyclic amines) is 1. The molecule has 0 saturated carbocycles. The molecule has 0 bridgehead atoms. The molecule has 0 aliphatic carbocycles. The molecule has 2 aliphatic heterocycles. The fraction of sp³-hybridized carbons (Fsp3) is 0.533. The fourth-order valence-corrected chi connectivity index (χ4v) is 6.64. The van der Waals surface area contributed by atoms with Crippen LogP contribution in [0.15, 0.2) is 36.4 Å². The second-order valence-corrected chi connectivity index (χ2v) is 17.6. The third kappa shape index (κ3) is 6.66. The Hall–Kier alpha value is -2.79. The first-order valence-electron chi connectivity index (χ1n) is 13.9. The number of aliphatic hydroxyl groups is 1. The van der Waals surface area contributed by atoms with E-state index in [-0.39, 0.29) is 37.1 Å². The Morgan fingerprint density at radius 1 is 1.15 bits per heavy atom. The maximum atomic E-state index is 13.0. The first-order chi connectivity index (χ1) is 19.1. The highest BCUT2D eigenvalue weighted by molar-refractivity contribution is 6.74. The first-order valence-corrected chi connectivity index (χ1v) is 17.2. The van der Waals surface area contributed by atoms with Crippen molar-refractivity contribution in [3.8, 4) is 11.5 Å². The van der Waals surface area contributed by atoms with Gasteiger partial charge in [0.2, 0.25) is 5.91 Å². The van der Waals surface area contributed by atoms with Crippen LogP contribution in [-0.2, 0) is 22.2 Å². The van der Waals surface area contributed by atoms with Gasteiger partial charge >= 0.3 is 6.09 Å². The average Bonchev–Trinajstić information content (AvgIpc) is 2.90. The second kappa shape index (κ2) is 11.8. The highest BCUT2D eigenvalue weighted by atomic mass is 35.5. The molecule has 2 aromatic rings. The Bertz CT molecular complexity index is 1280. The lowest BCUT2D eigenvalue weighted by molar-refractivity contribution is -0.126. The summed E-state index contributed by atoms with van der Waals surface area (Å²) in [6.45, 7) is 11.0. The van der Waals surface area contributed by atoms with Crippen LogP contribution < -0.4 is 14.4 Å². The number of benzene rings is 2. The number of hydrogen-bond donors (Lipinski definition) is 2. The highest BCUT2D eigenvalue weighted by Gasteiger charge is 2.49. The fourth-order valence-electron chi connectivity index (χ4n) is 5.00. The summed E-state index contributed by atoms with van der Waals surface area (Å²) in [5.41, 5.74) is 0.942. The monoisotopic (exact) mass is 604 g/mol. The standard InChI is InChI=1S/C30H41ClN2O7Si/c1-29(2,3)41(5,6)40-25-18-32(28(35)36)16-15-30(25,37)19-39-24-13-12-23(31)27-22(24)11-14-26(34)33(27)17-20-7-9-21(38-4)10-8-20/h7-10,12-13,25,37H,11,14-19H2,1-6H3,(H,35,36)/t25-,30-/m1/s1. The zero-order valence-corrected chi connectivity index (χ0v) is 26.5. The van der Waals surface area contributed by atoms with E-state index in [1.807, 2.05) is 24.3 Å². The normalized spacial score (nSPS) is 21.5. The molecule has 2 atom stereocenters. The number of rotatable bonds is 8. The number of amides is 2. The number of carbonyl (C=O) groups is 2. The van der Waals surface area contributed by atoms with Crippen molar-refractivity contribution in [2.24, 2.45) is 0 Å². The number of carboxylic acid groups (broad SMARTS) is 1. The minimum absolute atomic E-state index is 0.0325. The van der Waals surface area contributed by atoms with Crippen LogP contribution >= 0.6 is 11.6 Å². The molecule has 2 N–H and O–H groups in total.